The molecule has 25 heavy (non-hydrogen) atoms. The number of amides is 2. The Kier molecular flexibility index (Phi) is 6.66. The summed E-state index contributed by atoms with van der Waals surface area (Å²) in [6, 6.07) is 7.65. The van der Waals surface area contributed by atoms with Crippen LogP contribution < -0.4 is 10.1 Å². The van der Waals surface area contributed by atoms with Gasteiger partial charge in [0.05, 0.1) is 19.4 Å². The van der Waals surface area contributed by atoms with Gasteiger partial charge in [-0.15, -0.1) is 0 Å². The van der Waals surface area contributed by atoms with Gasteiger partial charge in [-0.25, -0.2) is 17.5 Å². The van der Waals surface area contributed by atoms with E-state index in [4.69, 9.17) is 4.74 Å². The van der Waals surface area contributed by atoms with Gasteiger partial charge in [0, 0.05) is 26.7 Å². The quantitative estimate of drug-likeness (QED) is 0.830. The number of carbonyl (C=O) groups excluding carboxylic acids is 1. The fraction of sp³-hybridized carbons (Fsp3) is 0.588. The van der Waals surface area contributed by atoms with E-state index in [9.17, 15) is 13.2 Å². The number of carbonyl (C=O) groups is 1. The van der Waals surface area contributed by atoms with Crippen molar-refractivity contribution in [1.82, 2.24) is 14.5 Å². The second kappa shape index (κ2) is 8.53. The number of piperidine rings is 1. The van der Waals surface area contributed by atoms with Gasteiger partial charge in [-0.05, 0) is 37.0 Å². The number of benzene rings is 1. The molecule has 0 aliphatic carbocycles. The molecular formula is C17H27N3O4S. The molecule has 8 heteroatoms. The number of hydrogen-bond acceptors (Lipinski definition) is 4. The molecular weight excluding hydrogens is 342 g/mol. The summed E-state index contributed by atoms with van der Waals surface area (Å²) >= 11 is 0. The lowest BCUT2D eigenvalue weighted by Crippen LogP contribution is -2.46. The number of ether oxygens (including phenoxy) is 1. The molecule has 1 aliphatic heterocycles. The lowest BCUT2D eigenvalue weighted by molar-refractivity contribution is 0.151. The standard InChI is InChI=1S/C17H27N3O4S/c1-19(25(3,22)23)12-10-18-17(21)20-11-5-4-9-16(20)14-7-6-8-15(13-14)24-2/h6-8,13,16H,4-5,9-12H2,1-3H3,(H,18,21). The third kappa shape index (κ3) is 5.34. The topological polar surface area (TPSA) is 79.0 Å². The predicted molar refractivity (Wildman–Crippen MR) is 97.2 cm³/mol. The molecule has 0 spiro atoms. The first-order chi connectivity index (χ1) is 11.8. The van der Waals surface area contributed by atoms with E-state index in [1.54, 1.807) is 7.11 Å². The number of nitrogens with one attached hydrogen (secondary N) is 1. The Morgan fingerprint density at radius 3 is 2.84 bits per heavy atom. The van der Waals surface area contributed by atoms with E-state index >= 15 is 0 Å². The van der Waals surface area contributed by atoms with E-state index < -0.39 is 10.0 Å². The first-order valence-corrected chi connectivity index (χ1v) is 10.3. The minimum atomic E-state index is -3.23. The molecule has 1 atom stereocenters. The number of sulfonamides is 1. The van der Waals surface area contributed by atoms with Crippen molar-refractivity contribution in [2.45, 2.75) is 25.3 Å². The van der Waals surface area contributed by atoms with Crippen molar-refractivity contribution >= 4 is 16.1 Å². The second-order valence-electron chi connectivity index (χ2n) is 6.30. The zero-order valence-electron chi connectivity index (χ0n) is 15.1. The average molecular weight is 369 g/mol. The molecule has 1 aliphatic rings. The average Bonchev–Trinajstić information content (AvgIpc) is 2.60. The summed E-state index contributed by atoms with van der Waals surface area (Å²) in [6.45, 7) is 1.22. The fourth-order valence-electron chi connectivity index (χ4n) is 2.96. The number of hydrogen-bond donors (Lipinski definition) is 1. The van der Waals surface area contributed by atoms with Crippen LogP contribution in [0.1, 0.15) is 30.9 Å². The molecule has 1 fully saturated rings. The molecule has 140 valence electrons. The SMILES string of the molecule is COc1cccc(C2CCCCN2C(=O)NCCN(C)S(C)(=O)=O)c1. The van der Waals surface area contributed by atoms with Crippen molar-refractivity contribution in [3.8, 4) is 5.75 Å². The van der Waals surface area contributed by atoms with E-state index in [1.165, 1.54) is 11.4 Å². The minimum Gasteiger partial charge on any atom is -0.497 e. The minimum absolute atomic E-state index is 0.0106. The van der Waals surface area contributed by atoms with E-state index in [-0.39, 0.29) is 25.2 Å². The van der Waals surface area contributed by atoms with Crippen LogP contribution in [0.2, 0.25) is 0 Å². The van der Waals surface area contributed by atoms with E-state index in [1.807, 2.05) is 29.2 Å². The number of urea groups is 1. The summed E-state index contributed by atoms with van der Waals surface area (Å²) in [7, 11) is -0.103. The van der Waals surface area contributed by atoms with Crippen molar-refractivity contribution in [3.63, 3.8) is 0 Å². The highest BCUT2D eigenvalue weighted by molar-refractivity contribution is 7.88. The van der Waals surface area contributed by atoms with Crippen molar-refractivity contribution in [2.75, 3.05) is 40.0 Å². The maximum absolute atomic E-state index is 12.6. The number of nitrogens with zero attached hydrogens (tertiary/aromatic N) is 2. The zero-order chi connectivity index (χ0) is 18.4. The van der Waals surface area contributed by atoms with Gasteiger partial charge in [-0.3, -0.25) is 0 Å². The molecule has 1 N–H and O–H groups in total. The Morgan fingerprint density at radius 2 is 2.16 bits per heavy atom. The van der Waals surface area contributed by atoms with Crippen LogP contribution in [0.4, 0.5) is 4.79 Å². The third-order valence-corrected chi connectivity index (χ3v) is 5.83. The molecule has 1 aromatic carbocycles. The number of likely N-dealkylation sites (N-methyl/N-ethyl adjacent to an activating group) is 1. The van der Waals surface area contributed by atoms with Gasteiger partial charge >= 0.3 is 6.03 Å². The van der Waals surface area contributed by atoms with Crippen molar-refractivity contribution in [2.24, 2.45) is 0 Å². The second-order valence-corrected chi connectivity index (χ2v) is 8.39. The molecule has 0 saturated carbocycles. The molecule has 0 radical (unpaired) electrons. The third-order valence-electron chi connectivity index (χ3n) is 4.51. The maximum Gasteiger partial charge on any atom is 0.317 e. The van der Waals surface area contributed by atoms with Crippen LogP contribution in [0, 0.1) is 0 Å². The normalized spacial score (nSPS) is 18.2. The highest BCUT2D eigenvalue weighted by atomic mass is 32.2. The molecule has 1 saturated heterocycles. The fourth-order valence-corrected chi connectivity index (χ4v) is 3.38. The van der Waals surface area contributed by atoms with E-state index in [2.05, 4.69) is 5.32 Å². The number of likely N-dealkylation sites (tertiary alicyclic amines) is 1. The molecule has 1 unspecified atom stereocenters. The van der Waals surface area contributed by atoms with Gasteiger partial charge in [0.1, 0.15) is 5.75 Å². The molecule has 0 aromatic heterocycles. The highest BCUT2D eigenvalue weighted by Gasteiger charge is 2.28. The molecule has 7 nitrogen and oxygen atoms in total. The van der Waals surface area contributed by atoms with Crippen molar-refractivity contribution in [3.05, 3.63) is 29.8 Å². The van der Waals surface area contributed by atoms with Gasteiger partial charge in [0.2, 0.25) is 10.0 Å². The summed E-state index contributed by atoms with van der Waals surface area (Å²) in [4.78, 5) is 14.4. The Balaban J connectivity index is 2.00. The number of rotatable bonds is 6. The van der Waals surface area contributed by atoms with Gasteiger partial charge in [0.25, 0.3) is 0 Å². The Morgan fingerprint density at radius 1 is 1.40 bits per heavy atom. The smallest absolute Gasteiger partial charge is 0.317 e. The molecule has 1 aromatic rings. The molecule has 1 heterocycles. The van der Waals surface area contributed by atoms with Crippen LogP contribution >= 0.6 is 0 Å². The summed E-state index contributed by atoms with van der Waals surface area (Å²) in [5.74, 6) is 0.776. The van der Waals surface area contributed by atoms with Crippen molar-refractivity contribution in [1.29, 1.82) is 0 Å². The first-order valence-electron chi connectivity index (χ1n) is 8.42. The van der Waals surface area contributed by atoms with Crippen LogP contribution in [0.25, 0.3) is 0 Å². The van der Waals surface area contributed by atoms with Crippen LogP contribution in [-0.4, -0.2) is 63.7 Å². The van der Waals surface area contributed by atoms with E-state index in [0.29, 0.717) is 6.54 Å². The Labute approximate surface area is 150 Å². The summed E-state index contributed by atoms with van der Waals surface area (Å²) in [5.41, 5.74) is 1.06. The largest absolute Gasteiger partial charge is 0.497 e. The molecule has 0 bridgehead atoms. The van der Waals surface area contributed by atoms with Gasteiger partial charge in [-0.1, -0.05) is 12.1 Å². The van der Waals surface area contributed by atoms with Crippen LogP contribution in [-0.2, 0) is 10.0 Å². The first kappa shape index (κ1) is 19.5. The zero-order valence-corrected chi connectivity index (χ0v) is 15.9. The summed E-state index contributed by atoms with van der Waals surface area (Å²) < 4.78 is 29.3. The van der Waals surface area contributed by atoms with E-state index in [0.717, 1.165) is 36.8 Å². The van der Waals surface area contributed by atoms with Gasteiger partial charge in [-0.2, -0.15) is 0 Å². The van der Waals surface area contributed by atoms with Gasteiger partial charge < -0.3 is 15.0 Å². The lowest BCUT2D eigenvalue weighted by atomic mass is 9.95. The lowest BCUT2D eigenvalue weighted by Gasteiger charge is -2.36. The highest BCUT2D eigenvalue weighted by Crippen LogP contribution is 2.32. The summed E-state index contributed by atoms with van der Waals surface area (Å²) in [6.07, 6.45) is 4.10. The van der Waals surface area contributed by atoms with Gasteiger partial charge in [0.15, 0.2) is 0 Å². The van der Waals surface area contributed by atoms with Crippen LogP contribution in [0.15, 0.2) is 24.3 Å². The van der Waals surface area contributed by atoms with Crippen molar-refractivity contribution < 1.29 is 17.9 Å². The summed E-state index contributed by atoms with van der Waals surface area (Å²) in [5, 5.41) is 2.83. The molecule has 2 amide bonds. The van der Waals surface area contributed by atoms with Crippen LogP contribution in [0.3, 0.4) is 0 Å². The van der Waals surface area contributed by atoms with Crippen LogP contribution in [0.5, 0.6) is 5.75 Å². The monoisotopic (exact) mass is 369 g/mol. The number of methoxy groups -OCH3 is 1. The Hall–Kier alpha value is -1.80. The Bertz CT molecular complexity index is 693. The molecule has 2 rings (SSSR count). The maximum atomic E-state index is 12.6. The predicted octanol–water partition coefficient (Wildman–Crippen LogP) is 1.82.